The number of hydrogen-bond donors (Lipinski definition) is 2. The first-order chi connectivity index (χ1) is 7.24. The molecule has 80 valence electrons. The van der Waals surface area contributed by atoms with Gasteiger partial charge < -0.3 is 11.1 Å². The van der Waals surface area contributed by atoms with Gasteiger partial charge in [0, 0.05) is 18.5 Å². The standard InChI is InChI=1S/C11H15N3S/c1-3-5-15-6-4-13-11-10(12)7-9(2)8-14-11/h1,7-8H,4-6,12H2,2H3,(H,13,14). The molecule has 0 bridgehead atoms. The van der Waals surface area contributed by atoms with Crippen molar-refractivity contribution in [2.24, 2.45) is 0 Å². The maximum Gasteiger partial charge on any atom is 0.149 e. The van der Waals surface area contributed by atoms with Crippen molar-refractivity contribution in [2.45, 2.75) is 6.92 Å². The second-order valence-corrected chi connectivity index (χ2v) is 4.24. The van der Waals surface area contributed by atoms with E-state index in [1.807, 2.05) is 13.0 Å². The first kappa shape index (κ1) is 11.7. The Morgan fingerprint density at radius 3 is 3.13 bits per heavy atom. The molecule has 15 heavy (non-hydrogen) atoms. The number of pyridine rings is 1. The summed E-state index contributed by atoms with van der Waals surface area (Å²) in [6.07, 6.45) is 6.94. The zero-order valence-electron chi connectivity index (χ0n) is 8.79. The van der Waals surface area contributed by atoms with Crippen LogP contribution in [-0.4, -0.2) is 23.0 Å². The Hall–Kier alpha value is -1.34. The fourth-order valence-corrected chi connectivity index (χ4v) is 1.62. The third-order valence-corrected chi connectivity index (χ3v) is 2.64. The highest BCUT2D eigenvalue weighted by Gasteiger charge is 1.99. The lowest BCUT2D eigenvalue weighted by Gasteiger charge is -2.07. The van der Waals surface area contributed by atoms with Crippen molar-refractivity contribution < 1.29 is 0 Å². The van der Waals surface area contributed by atoms with Crippen molar-refractivity contribution in [3.8, 4) is 12.3 Å². The van der Waals surface area contributed by atoms with Crippen molar-refractivity contribution in [2.75, 3.05) is 29.1 Å². The Kier molecular flexibility index (Phi) is 4.85. The molecule has 4 heteroatoms. The summed E-state index contributed by atoms with van der Waals surface area (Å²) < 4.78 is 0. The summed E-state index contributed by atoms with van der Waals surface area (Å²) >= 11 is 1.71. The van der Waals surface area contributed by atoms with Crippen LogP contribution in [0.4, 0.5) is 11.5 Å². The van der Waals surface area contributed by atoms with Gasteiger partial charge >= 0.3 is 0 Å². The molecule has 0 atom stereocenters. The van der Waals surface area contributed by atoms with Crippen molar-refractivity contribution >= 4 is 23.3 Å². The minimum Gasteiger partial charge on any atom is -0.396 e. The lowest BCUT2D eigenvalue weighted by molar-refractivity contribution is 1.16. The van der Waals surface area contributed by atoms with Crippen LogP contribution in [0.1, 0.15) is 5.56 Å². The van der Waals surface area contributed by atoms with Crippen LogP contribution in [-0.2, 0) is 0 Å². The van der Waals surface area contributed by atoms with Crippen LogP contribution in [0.15, 0.2) is 12.3 Å². The highest BCUT2D eigenvalue weighted by Crippen LogP contribution is 2.15. The van der Waals surface area contributed by atoms with E-state index in [1.54, 1.807) is 18.0 Å². The summed E-state index contributed by atoms with van der Waals surface area (Å²) in [7, 11) is 0. The number of terminal acetylenes is 1. The van der Waals surface area contributed by atoms with Crippen LogP contribution in [0, 0.1) is 19.3 Å². The Morgan fingerprint density at radius 2 is 2.47 bits per heavy atom. The van der Waals surface area contributed by atoms with Crippen molar-refractivity contribution in [1.82, 2.24) is 4.98 Å². The van der Waals surface area contributed by atoms with E-state index in [0.29, 0.717) is 5.69 Å². The molecule has 0 saturated heterocycles. The summed E-state index contributed by atoms with van der Waals surface area (Å²) in [5, 5.41) is 3.17. The highest BCUT2D eigenvalue weighted by molar-refractivity contribution is 7.99. The topological polar surface area (TPSA) is 50.9 Å². The average Bonchev–Trinajstić information content (AvgIpc) is 2.20. The summed E-state index contributed by atoms with van der Waals surface area (Å²) in [6, 6.07) is 1.91. The number of thioether (sulfide) groups is 1. The number of hydrogen-bond acceptors (Lipinski definition) is 4. The molecule has 1 heterocycles. The van der Waals surface area contributed by atoms with Crippen molar-refractivity contribution in [3.63, 3.8) is 0 Å². The van der Waals surface area contributed by atoms with Gasteiger partial charge in [0.15, 0.2) is 0 Å². The van der Waals surface area contributed by atoms with Gasteiger partial charge in [-0.25, -0.2) is 4.98 Å². The zero-order chi connectivity index (χ0) is 11.1. The quantitative estimate of drug-likeness (QED) is 0.587. The predicted molar refractivity (Wildman–Crippen MR) is 68.0 cm³/mol. The third-order valence-electron chi connectivity index (χ3n) is 1.78. The Balaban J connectivity index is 2.35. The lowest BCUT2D eigenvalue weighted by atomic mass is 10.3. The first-order valence-corrected chi connectivity index (χ1v) is 5.86. The van der Waals surface area contributed by atoms with Crippen LogP contribution < -0.4 is 11.1 Å². The number of nitrogen functional groups attached to an aromatic ring is 1. The number of nitrogens with one attached hydrogen (secondary N) is 1. The minimum absolute atomic E-state index is 0.692. The monoisotopic (exact) mass is 221 g/mol. The van der Waals surface area contributed by atoms with E-state index in [9.17, 15) is 0 Å². The van der Waals surface area contributed by atoms with Crippen LogP contribution in [0.3, 0.4) is 0 Å². The van der Waals surface area contributed by atoms with Gasteiger partial charge in [-0.05, 0) is 18.6 Å². The molecule has 3 nitrogen and oxygen atoms in total. The van der Waals surface area contributed by atoms with Gasteiger partial charge in [0.1, 0.15) is 5.82 Å². The number of nitrogens with zero attached hydrogens (tertiary/aromatic N) is 1. The van der Waals surface area contributed by atoms with Gasteiger partial charge in [0.05, 0.1) is 11.4 Å². The molecule has 1 aromatic rings. The van der Waals surface area contributed by atoms with E-state index < -0.39 is 0 Å². The van der Waals surface area contributed by atoms with Gasteiger partial charge in [-0.3, -0.25) is 0 Å². The summed E-state index contributed by atoms with van der Waals surface area (Å²) in [6.45, 7) is 2.79. The fraction of sp³-hybridized carbons (Fsp3) is 0.364. The number of aromatic nitrogens is 1. The molecule has 0 unspecified atom stereocenters. The predicted octanol–water partition coefficient (Wildman–Crippen LogP) is 1.75. The molecule has 0 aliphatic carbocycles. The van der Waals surface area contributed by atoms with E-state index in [4.69, 9.17) is 12.2 Å². The fourth-order valence-electron chi connectivity index (χ4n) is 1.11. The zero-order valence-corrected chi connectivity index (χ0v) is 9.60. The van der Waals surface area contributed by atoms with Gasteiger partial charge in [0.2, 0.25) is 0 Å². The lowest BCUT2D eigenvalue weighted by Crippen LogP contribution is -2.08. The van der Waals surface area contributed by atoms with E-state index in [-0.39, 0.29) is 0 Å². The van der Waals surface area contributed by atoms with E-state index in [0.717, 1.165) is 29.4 Å². The molecule has 0 fully saturated rings. The molecule has 0 aliphatic heterocycles. The van der Waals surface area contributed by atoms with Gasteiger partial charge in [-0.1, -0.05) is 5.92 Å². The van der Waals surface area contributed by atoms with Crippen LogP contribution in [0.2, 0.25) is 0 Å². The molecule has 0 spiro atoms. The van der Waals surface area contributed by atoms with Crippen LogP contribution >= 0.6 is 11.8 Å². The Labute approximate surface area is 94.9 Å². The molecule has 3 N–H and O–H groups in total. The van der Waals surface area contributed by atoms with E-state index in [1.165, 1.54) is 0 Å². The second kappa shape index (κ2) is 6.20. The average molecular weight is 221 g/mol. The Morgan fingerprint density at radius 1 is 1.67 bits per heavy atom. The number of rotatable bonds is 5. The SMILES string of the molecule is C#CCSCCNc1ncc(C)cc1N. The largest absolute Gasteiger partial charge is 0.396 e. The second-order valence-electron chi connectivity index (χ2n) is 3.13. The molecule has 1 rings (SSSR count). The maximum absolute atomic E-state index is 5.80. The smallest absolute Gasteiger partial charge is 0.149 e. The minimum atomic E-state index is 0.692. The van der Waals surface area contributed by atoms with Crippen LogP contribution in [0.5, 0.6) is 0 Å². The van der Waals surface area contributed by atoms with Crippen LogP contribution in [0.25, 0.3) is 0 Å². The van der Waals surface area contributed by atoms with Gasteiger partial charge in [0.25, 0.3) is 0 Å². The molecule has 0 aliphatic rings. The summed E-state index contributed by atoms with van der Waals surface area (Å²) in [4.78, 5) is 4.21. The molecule has 0 saturated carbocycles. The normalized spacial score (nSPS) is 9.60. The van der Waals surface area contributed by atoms with Gasteiger partial charge in [-0.15, -0.1) is 18.2 Å². The number of anilines is 2. The maximum atomic E-state index is 5.80. The highest BCUT2D eigenvalue weighted by atomic mass is 32.2. The molecular formula is C11H15N3S. The molecule has 0 aromatic carbocycles. The molecule has 0 amide bonds. The van der Waals surface area contributed by atoms with E-state index >= 15 is 0 Å². The number of nitrogens with two attached hydrogens (primary N) is 1. The van der Waals surface area contributed by atoms with Crippen molar-refractivity contribution in [3.05, 3.63) is 17.8 Å². The summed E-state index contributed by atoms with van der Waals surface area (Å²) in [5.41, 5.74) is 7.56. The molecular weight excluding hydrogens is 206 g/mol. The molecule has 0 radical (unpaired) electrons. The van der Waals surface area contributed by atoms with E-state index in [2.05, 4.69) is 16.2 Å². The van der Waals surface area contributed by atoms with Gasteiger partial charge in [-0.2, -0.15) is 0 Å². The first-order valence-electron chi connectivity index (χ1n) is 4.71. The van der Waals surface area contributed by atoms with Crippen molar-refractivity contribution in [1.29, 1.82) is 0 Å². The third kappa shape index (κ3) is 4.13. The molecule has 1 aromatic heterocycles. The number of aryl methyl sites for hydroxylation is 1. The Bertz CT molecular complexity index is 357. The summed E-state index contributed by atoms with van der Waals surface area (Å²) in [5.74, 6) is 5.04.